The van der Waals surface area contributed by atoms with Crippen molar-refractivity contribution in [2.75, 3.05) is 5.32 Å². The third-order valence-electron chi connectivity index (χ3n) is 3.74. The van der Waals surface area contributed by atoms with Crippen molar-refractivity contribution in [3.63, 3.8) is 0 Å². The van der Waals surface area contributed by atoms with Crippen LogP contribution in [0.4, 0.5) is 5.82 Å². The van der Waals surface area contributed by atoms with Crippen LogP contribution in [-0.2, 0) is 4.79 Å². The van der Waals surface area contributed by atoms with Crippen molar-refractivity contribution in [1.82, 2.24) is 10.2 Å². The quantitative estimate of drug-likeness (QED) is 0.660. The Balaban J connectivity index is 1.68. The van der Waals surface area contributed by atoms with Gasteiger partial charge in [-0.1, -0.05) is 57.6 Å². The second-order valence-electron chi connectivity index (χ2n) is 5.54. The molecule has 0 spiro atoms. The van der Waals surface area contributed by atoms with Crippen LogP contribution in [0.25, 0.3) is 10.9 Å². The molecular weight excluding hydrogens is 262 g/mol. The van der Waals surface area contributed by atoms with Gasteiger partial charge in [0, 0.05) is 11.8 Å². The molecule has 21 heavy (non-hydrogen) atoms. The normalized spacial score (nSPS) is 10.9. The van der Waals surface area contributed by atoms with Gasteiger partial charge in [0.25, 0.3) is 0 Å². The molecule has 114 valence electrons. The van der Waals surface area contributed by atoms with Gasteiger partial charge in [0.2, 0.25) is 5.91 Å². The molecule has 0 unspecified atom stereocenters. The smallest absolute Gasteiger partial charge is 0.225 e. The molecule has 1 aromatic heterocycles. The first-order chi connectivity index (χ1) is 10.3. The Bertz CT molecular complexity index is 562. The summed E-state index contributed by atoms with van der Waals surface area (Å²) >= 11 is 0. The number of benzene rings is 1. The molecule has 0 radical (unpaired) electrons. The van der Waals surface area contributed by atoms with Gasteiger partial charge in [-0.3, -0.25) is 9.89 Å². The molecule has 2 aromatic rings. The first-order valence-electron chi connectivity index (χ1n) is 8.04. The lowest BCUT2D eigenvalue weighted by Gasteiger charge is -2.03. The highest BCUT2D eigenvalue weighted by Gasteiger charge is 2.08. The minimum atomic E-state index is 0.0563. The fourth-order valence-corrected chi connectivity index (χ4v) is 2.50. The fraction of sp³-hybridized carbons (Fsp3) is 0.529. The van der Waals surface area contributed by atoms with E-state index in [1.165, 1.54) is 32.1 Å². The number of nitrogens with zero attached hydrogens (tertiary/aromatic N) is 1. The number of hydrogen-bond acceptors (Lipinski definition) is 2. The zero-order valence-corrected chi connectivity index (χ0v) is 12.8. The number of fused-ring (bicyclic) bond motifs is 1. The summed E-state index contributed by atoms with van der Waals surface area (Å²) < 4.78 is 0. The predicted molar refractivity (Wildman–Crippen MR) is 87.3 cm³/mol. The lowest BCUT2D eigenvalue weighted by molar-refractivity contribution is -0.116. The zero-order valence-electron chi connectivity index (χ0n) is 12.8. The average molecular weight is 287 g/mol. The lowest BCUT2D eigenvalue weighted by atomic mass is 10.1. The molecule has 0 atom stereocenters. The molecule has 1 amide bonds. The predicted octanol–water partition coefficient (Wildman–Crippen LogP) is 4.64. The zero-order chi connectivity index (χ0) is 14.9. The van der Waals surface area contributed by atoms with Gasteiger partial charge in [0.1, 0.15) is 0 Å². The number of aromatic nitrogens is 2. The highest BCUT2D eigenvalue weighted by atomic mass is 16.1. The van der Waals surface area contributed by atoms with Crippen LogP contribution in [0.3, 0.4) is 0 Å². The number of anilines is 1. The number of aromatic amines is 1. The molecule has 1 aromatic carbocycles. The van der Waals surface area contributed by atoms with Gasteiger partial charge in [-0.25, -0.2) is 0 Å². The molecule has 0 saturated heterocycles. The summed E-state index contributed by atoms with van der Waals surface area (Å²) in [4.78, 5) is 11.9. The molecule has 4 heteroatoms. The minimum absolute atomic E-state index is 0.0563. The van der Waals surface area contributed by atoms with Crippen LogP contribution in [0.1, 0.15) is 58.3 Å². The van der Waals surface area contributed by atoms with E-state index in [9.17, 15) is 4.79 Å². The van der Waals surface area contributed by atoms with Crippen LogP contribution in [0, 0.1) is 0 Å². The number of nitrogens with one attached hydrogen (secondary N) is 2. The van der Waals surface area contributed by atoms with Crippen molar-refractivity contribution in [1.29, 1.82) is 0 Å². The molecule has 0 bridgehead atoms. The number of hydrogen-bond donors (Lipinski definition) is 2. The SMILES string of the molecule is CCCCCCCCCC(=O)Nc1n[nH]c2ccccc12. The summed E-state index contributed by atoms with van der Waals surface area (Å²) in [6, 6.07) is 7.81. The molecule has 2 rings (SSSR count). The third-order valence-corrected chi connectivity index (χ3v) is 3.74. The van der Waals surface area contributed by atoms with E-state index < -0.39 is 0 Å². The number of amides is 1. The number of carbonyl (C=O) groups excluding carboxylic acids is 1. The van der Waals surface area contributed by atoms with Crippen molar-refractivity contribution in [2.45, 2.75) is 58.3 Å². The largest absolute Gasteiger partial charge is 0.309 e. The van der Waals surface area contributed by atoms with Gasteiger partial charge in [0.05, 0.1) is 5.52 Å². The monoisotopic (exact) mass is 287 g/mol. The Labute approximate surface area is 126 Å². The van der Waals surface area contributed by atoms with E-state index in [1.807, 2.05) is 24.3 Å². The summed E-state index contributed by atoms with van der Waals surface area (Å²) in [5.74, 6) is 0.694. The summed E-state index contributed by atoms with van der Waals surface area (Å²) in [5.41, 5.74) is 0.948. The van der Waals surface area contributed by atoms with Crippen molar-refractivity contribution in [3.05, 3.63) is 24.3 Å². The molecule has 0 aliphatic heterocycles. The topological polar surface area (TPSA) is 57.8 Å². The Hall–Kier alpha value is -1.84. The number of carbonyl (C=O) groups is 1. The molecule has 2 N–H and O–H groups in total. The van der Waals surface area contributed by atoms with E-state index in [-0.39, 0.29) is 5.91 Å². The maximum Gasteiger partial charge on any atom is 0.225 e. The van der Waals surface area contributed by atoms with Crippen molar-refractivity contribution >= 4 is 22.6 Å². The first kappa shape index (κ1) is 15.5. The van der Waals surface area contributed by atoms with E-state index >= 15 is 0 Å². The number of H-pyrrole nitrogens is 1. The van der Waals surface area contributed by atoms with Crippen molar-refractivity contribution in [2.24, 2.45) is 0 Å². The maximum absolute atomic E-state index is 11.9. The van der Waals surface area contributed by atoms with Gasteiger partial charge in [-0.2, -0.15) is 5.10 Å². The molecular formula is C17H25N3O. The Kier molecular flexibility index (Phi) is 6.25. The highest BCUT2D eigenvalue weighted by Crippen LogP contribution is 2.19. The maximum atomic E-state index is 11.9. The standard InChI is InChI=1S/C17H25N3O/c1-2-3-4-5-6-7-8-13-16(21)18-17-14-11-9-10-12-15(14)19-20-17/h9-12H,2-8,13H2,1H3,(H2,18,19,20,21). The van der Waals surface area contributed by atoms with Gasteiger partial charge >= 0.3 is 0 Å². The van der Waals surface area contributed by atoms with Crippen LogP contribution >= 0.6 is 0 Å². The van der Waals surface area contributed by atoms with Crippen LogP contribution in [0.2, 0.25) is 0 Å². The van der Waals surface area contributed by atoms with Crippen LogP contribution in [0.15, 0.2) is 24.3 Å². The first-order valence-corrected chi connectivity index (χ1v) is 8.04. The summed E-state index contributed by atoms with van der Waals surface area (Å²) in [6.45, 7) is 2.23. The second-order valence-corrected chi connectivity index (χ2v) is 5.54. The van der Waals surface area contributed by atoms with E-state index in [2.05, 4.69) is 22.4 Å². The van der Waals surface area contributed by atoms with E-state index in [0.29, 0.717) is 12.2 Å². The van der Waals surface area contributed by atoms with E-state index in [4.69, 9.17) is 0 Å². The van der Waals surface area contributed by atoms with Gasteiger partial charge in [-0.15, -0.1) is 0 Å². The van der Waals surface area contributed by atoms with Crippen molar-refractivity contribution in [3.8, 4) is 0 Å². The third kappa shape index (κ3) is 4.88. The Morgan fingerprint density at radius 1 is 1.10 bits per heavy atom. The van der Waals surface area contributed by atoms with Gasteiger partial charge in [0.15, 0.2) is 5.82 Å². The van der Waals surface area contributed by atoms with Gasteiger partial charge < -0.3 is 5.32 Å². The second kappa shape index (κ2) is 8.45. The Morgan fingerprint density at radius 2 is 1.81 bits per heavy atom. The molecule has 4 nitrogen and oxygen atoms in total. The number of unbranched alkanes of at least 4 members (excludes halogenated alkanes) is 6. The summed E-state index contributed by atoms with van der Waals surface area (Å²) in [5, 5.41) is 10.9. The summed E-state index contributed by atoms with van der Waals surface area (Å²) in [7, 11) is 0. The molecule has 0 saturated carbocycles. The van der Waals surface area contributed by atoms with Crippen molar-refractivity contribution < 1.29 is 4.79 Å². The van der Waals surface area contributed by atoms with E-state index in [0.717, 1.165) is 23.7 Å². The van der Waals surface area contributed by atoms with Crippen LogP contribution < -0.4 is 5.32 Å². The summed E-state index contributed by atoms with van der Waals surface area (Å²) in [6.07, 6.45) is 9.13. The molecule has 0 aliphatic carbocycles. The number of para-hydroxylation sites is 1. The average Bonchev–Trinajstić information content (AvgIpc) is 2.90. The Morgan fingerprint density at radius 3 is 2.62 bits per heavy atom. The van der Waals surface area contributed by atoms with Crippen LogP contribution in [-0.4, -0.2) is 16.1 Å². The number of rotatable bonds is 9. The van der Waals surface area contributed by atoms with E-state index in [1.54, 1.807) is 0 Å². The highest BCUT2D eigenvalue weighted by molar-refractivity contribution is 5.99. The fourth-order valence-electron chi connectivity index (χ4n) is 2.50. The lowest BCUT2D eigenvalue weighted by Crippen LogP contribution is -2.11. The molecule has 1 heterocycles. The van der Waals surface area contributed by atoms with Gasteiger partial charge in [-0.05, 0) is 18.6 Å². The minimum Gasteiger partial charge on any atom is -0.309 e. The molecule has 0 aliphatic rings. The molecule has 0 fully saturated rings. The van der Waals surface area contributed by atoms with Crippen LogP contribution in [0.5, 0.6) is 0 Å².